The van der Waals surface area contributed by atoms with Gasteiger partial charge in [0.1, 0.15) is 6.61 Å². The monoisotopic (exact) mass is 421 g/mol. The summed E-state index contributed by atoms with van der Waals surface area (Å²) in [6.45, 7) is 2.41. The topological polar surface area (TPSA) is 88.1 Å². The maximum atomic E-state index is 6.04. The van der Waals surface area contributed by atoms with Gasteiger partial charge in [-0.05, 0) is 24.6 Å². The third-order valence-corrected chi connectivity index (χ3v) is 5.85. The lowest BCUT2D eigenvalue weighted by atomic mass is 10.1. The minimum absolute atomic E-state index is 0.317. The lowest BCUT2D eigenvalue weighted by Gasteiger charge is -2.25. The van der Waals surface area contributed by atoms with Crippen LogP contribution in [0.4, 0.5) is 0 Å². The van der Waals surface area contributed by atoms with Crippen LogP contribution in [0, 0.1) is 6.92 Å². The number of fused-ring (bicyclic) bond motifs is 1. The Morgan fingerprint density at radius 1 is 1.07 bits per heavy atom. The van der Waals surface area contributed by atoms with Crippen LogP contribution < -0.4 is 9.47 Å². The molecular formula is C21H19N5O3S. The molecule has 1 aliphatic heterocycles. The first kappa shape index (κ1) is 18.7. The van der Waals surface area contributed by atoms with Gasteiger partial charge in [0.2, 0.25) is 11.7 Å². The average Bonchev–Trinajstić information content (AvgIpc) is 3.39. The number of para-hydroxylation sites is 2. The summed E-state index contributed by atoms with van der Waals surface area (Å²) in [5.41, 5.74) is 2.07. The van der Waals surface area contributed by atoms with Gasteiger partial charge < -0.3 is 18.6 Å². The summed E-state index contributed by atoms with van der Waals surface area (Å²) in [7, 11) is 1.91. The standard InChI is InChI=1S/C21H19N5O3S/c1-13-7-3-4-8-14(13)19-22-18(29-25-19)12-30-21-24-23-20(26(21)2)17-11-27-15-9-5-6-10-16(15)28-17/h3-10,17H,11-12H2,1-2H3. The summed E-state index contributed by atoms with van der Waals surface area (Å²) < 4.78 is 19.2. The van der Waals surface area contributed by atoms with Crippen LogP contribution in [-0.2, 0) is 12.8 Å². The van der Waals surface area contributed by atoms with Crippen molar-refractivity contribution in [3.8, 4) is 22.9 Å². The number of ether oxygens (including phenoxy) is 2. The molecule has 2 aromatic carbocycles. The van der Waals surface area contributed by atoms with Crippen LogP contribution in [-0.4, -0.2) is 31.5 Å². The fourth-order valence-electron chi connectivity index (χ4n) is 3.25. The molecule has 9 heteroatoms. The van der Waals surface area contributed by atoms with Crippen molar-refractivity contribution in [3.05, 3.63) is 65.8 Å². The van der Waals surface area contributed by atoms with Gasteiger partial charge >= 0.3 is 0 Å². The smallest absolute Gasteiger partial charge is 0.237 e. The zero-order valence-electron chi connectivity index (χ0n) is 16.5. The minimum Gasteiger partial charge on any atom is -0.485 e. The fourth-order valence-corrected chi connectivity index (χ4v) is 4.01. The zero-order valence-corrected chi connectivity index (χ0v) is 17.3. The molecule has 4 aromatic rings. The van der Waals surface area contributed by atoms with Gasteiger partial charge in [-0.15, -0.1) is 10.2 Å². The number of hydrogen-bond acceptors (Lipinski definition) is 8. The van der Waals surface area contributed by atoms with Crippen LogP contribution >= 0.6 is 11.8 Å². The zero-order chi connectivity index (χ0) is 20.5. The summed E-state index contributed by atoms with van der Waals surface area (Å²) in [5, 5.41) is 13.4. The van der Waals surface area contributed by atoms with Crippen LogP contribution in [0.5, 0.6) is 11.5 Å². The predicted octanol–water partition coefficient (Wildman–Crippen LogP) is 3.98. The van der Waals surface area contributed by atoms with E-state index in [4.69, 9.17) is 14.0 Å². The second kappa shape index (κ2) is 7.83. The van der Waals surface area contributed by atoms with Gasteiger partial charge in [-0.1, -0.05) is 53.3 Å². The minimum atomic E-state index is -0.317. The third kappa shape index (κ3) is 3.52. The number of benzene rings is 2. The van der Waals surface area contributed by atoms with Crippen molar-refractivity contribution < 1.29 is 14.0 Å². The molecule has 0 radical (unpaired) electrons. The van der Waals surface area contributed by atoms with E-state index >= 15 is 0 Å². The lowest BCUT2D eigenvalue weighted by Crippen LogP contribution is -2.24. The Balaban J connectivity index is 1.28. The number of rotatable bonds is 5. The van der Waals surface area contributed by atoms with Crippen LogP contribution in [0.3, 0.4) is 0 Å². The van der Waals surface area contributed by atoms with E-state index in [9.17, 15) is 0 Å². The summed E-state index contributed by atoms with van der Waals surface area (Å²) in [6.07, 6.45) is -0.317. The van der Waals surface area contributed by atoms with E-state index in [1.807, 2.05) is 67.1 Å². The van der Waals surface area contributed by atoms with Crippen molar-refractivity contribution in [1.82, 2.24) is 24.9 Å². The second-order valence-corrected chi connectivity index (χ2v) is 7.82. The highest BCUT2D eigenvalue weighted by Gasteiger charge is 2.27. The predicted molar refractivity (Wildman–Crippen MR) is 110 cm³/mol. The van der Waals surface area contributed by atoms with Gasteiger partial charge in [-0.3, -0.25) is 0 Å². The molecule has 0 saturated heterocycles. The van der Waals surface area contributed by atoms with Gasteiger partial charge in [0, 0.05) is 12.6 Å². The van der Waals surface area contributed by atoms with E-state index in [0.29, 0.717) is 35.6 Å². The molecule has 1 atom stereocenters. The van der Waals surface area contributed by atoms with Crippen molar-refractivity contribution in [2.75, 3.05) is 6.61 Å². The highest BCUT2D eigenvalue weighted by atomic mass is 32.2. The quantitative estimate of drug-likeness (QED) is 0.447. The SMILES string of the molecule is Cc1ccccc1-c1noc(CSc2nnc(C3COc4ccccc4O3)n2C)n1. The molecule has 0 amide bonds. The van der Waals surface area contributed by atoms with E-state index in [0.717, 1.165) is 22.0 Å². The van der Waals surface area contributed by atoms with Crippen molar-refractivity contribution in [2.45, 2.75) is 23.9 Å². The van der Waals surface area contributed by atoms with E-state index in [2.05, 4.69) is 20.3 Å². The molecule has 0 fully saturated rings. The normalized spacial score (nSPS) is 15.3. The molecule has 1 unspecified atom stereocenters. The number of nitrogens with zero attached hydrogens (tertiary/aromatic N) is 5. The fraction of sp³-hybridized carbons (Fsp3) is 0.238. The number of aromatic nitrogens is 5. The Kier molecular flexibility index (Phi) is 4.88. The van der Waals surface area contributed by atoms with Gasteiger partial charge in [-0.25, -0.2) is 0 Å². The molecule has 152 valence electrons. The first-order valence-corrected chi connectivity index (χ1v) is 10.5. The summed E-state index contributed by atoms with van der Waals surface area (Å²) in [4.78, 5) is 4.51. The number of thioether (sulfide) groups is 1. The maximum absolute atomic E-state index is 6.04. The molecule has 30 heavy (non-hydrogen) atoms. The van der Waals surface area contributed by atoms with Crippen molar-refractivity contribution in [3.63, 3.8) is 0 Å². The van der Waals surface area contributed by atoms with E-state index in [1.165, 1.54) is 11.8 Å². The molecule has 0 bridgehead atoms. The molecular weight excluding hydrogens is 402 g/mol. The largest absolute Gasteiger partial charge is 0.485 e. The average molecular weight is 421 g/mol. The van der Waals surface area contributed by atoms with Crippen LogP contribution in [0.25, 0.3) is 11.4 Å². The van der Waals surface area contributed by atoms with E-state index in [1.54, 1.807) is 0 Å². The molecule has 0 N–H and O–H groups in total. The molecule has 1 aliphatic rings. The number of aryl methyl sites for hydroxylation is 1. The summed E-state index contributed by atoms with van der Waals surface area (Å²) in [5.74, 6) is 3.78. The molecule has 2 aromatic heterocycles. The molecule has 0 saturated carbocycles. The first-order valence-electron chi connectivity index (χ1n) is 9.48. The lowest BCUT2D eigenvalue weighted by molar-refractivity contribution is 0.0825. The van der Waals surface area contributed by atoms with Crippen LogP contribution in [0.2, 0.25) is 0 Å². The summed E-state index contributed by atoms with van der Waals surface area (Å²) in [6, 6.07) is 15.6. The first-order chi connectivity index (χ1) is 14.7. The second-order valence-electron chi connectivity index (χ2n) is 6.88. The van der Waals surface area contributed by atoms with Gasteiger partial charge in [0.25, 0.3) is 0 Å². The van der Waals surface area contributed by atoms with Crippen molar-refractivity contribution in [1.29, 1.82) is 0 Å². The maximum Gasteiger partial charge on any atom is 0.237 e. The molecule has 0 aliphatic carbocycles. The van der Waals surface area contributed by atoms with Crippen molar-refractivity contribution >= 4 is 11.8 Å². The Hall–Kier alpha value is -3.33. The Morgan fingerprint density at radius 2 is 1.87 bits per heavy atom. The third-order valence-electron chi connectivity index (χ3n) is 4.84. The Morgan fingerprint density at radius 3 is 2.73 bits per heavy atom. The van der Waals surface area contributed by atoms with E-state index < -0.39 is 0 Å². The van der Waals surface area contributed by atoms with Gasteiger partial charge in [-0.2, -0.15) is 4.98 Å². The molecule has 5 rings (SSSR count). The molecule has 3 heterocycles. The molecule has 0 spiro atoms. The Labute approximate surface area is 177 Å². The van der Waals surface area contributed by atoms with E-state index in [-0.39, 0.29) is 6.10 Å². The summed E-state index contributed by atoms with van der Waals surface area (Å²) >= 11 is 1.48. The van der Waals surface area contributed by atoms with Crippen molar-refractivity contribution in [2.24, 2.45) is 7.05 Å². The van der Waals surface area contributed by atoms with Crippen LogP contribution in [0.1, 0.15) is 23.4 Å². The van der Waals surface area contributed by atoms with Gasteiger partial charge in [0.05, 0.1) is 5.75 Å². The number of hydrogen-bond donors (Lipinski definition) is 0. The molecule has 8 nitrogen and oxygen atoms in total. The Bertz CT molecular complexity index is 1190. The van der Waals surface area contributed by atoms with Crippen LogP contribution in [0.15, 0.2) is 58.2 Å². The highest BCUT2D eigenvalue weighted by molar-refractivity contribution is 7.98. The van der Waals surface area contributed by atoms with Gasteiger partial charge in [0.15, 0.2) is 28.6 Å². The highest BCUT2D eigenvalue weighted by Crippen LogP contribution is 2.36.